The Morgan fingerprint density at radius 3 is 2.89 bits per heavy atom. The summed E-state index contributed by atoms with van der Waals surface area (Å²) in [4.78, 5) is 24.8. The van der Waals surface area contributed by atoms with E-state index >= 15 is 0 Å². The summed E-state index contributed by atoms with van der Waals surface area (Å²) < 4.78 is 18.3. The van der Waals surface area contributed by atoms with Gasteiger partial charge < -0.3 is 9.64 Å². The van der Waals surface area contributed by atoms with Crippen LogP contribution in [0.4, 0.5) is 4.39 Å². The molecule has 102 valence electrons. The lowest BCUT2D eigenvalue weighted by Crippen LogP contribution is -2.40. The fourth-order valence-electron chi connectivity index (χ4n) is 2.16. The van der Waals surface area contributed by atoms with E-state index in [4.69, 9.17) is 4.74 Å². The molecule has 0 spiro atoms. The summed E-state index contributed by atoms with van der Waals surface area (Å²) in [6, 6.07) is 4.45. The molecule has 1 amide bonds. The van der Waals surface area contributed by atoms with Gasteiger partial charge in [-0.05, 0) is 24.1 Å². The van der Waals surface area contributed by atoms with Crippen molar-refractivity contribution in [3.8, 4) is 5.75 Å². The zero-order valence-corrected chi connectivity index (χ0v) is 10.8. The molecule has 1 fully saturated rings. The molecule has 0 aromatic heterocycles. The molecular formula is C14H16FNO3. The molecule has 19 heavy (non-hydrogen) atoms. The van der Waals surface area contributed by atoms with Gasteiger partial charge in [-0.2, -0.15) is 0 Å². The normalized spacial score (nSPS) is 15.5. The first-order valence-electron chi connectivity index (χ1n) is 6.22. The van der Waals surface area contributed by atoms with Gasteiger partial charge in [0.1, 0.15) is 0 Å². The Hall–Kier alpha value is -1.91. The molecule has 0 bridgehead atoms. The number of likely N-dealkylation sites (tertiary alicyclic amines) is 1. The second-order valence-corrected chi connectivity index (χ2v) is 4.60. The molecule has 0 N–H and O–H groups in total. The van der Waals surface area contributed by atoms with Crippen molar-refractivity contribution in [2.75, 3.05) is 20.2 Å². The van der Waals surface area contributed by atoms with Crippen molar-refractivity contribution >= 4 is 11.7 Å². The molecule has 1 aliphatic heterocycles. The summed E-state index contributed by atoms with van der Waals surface area (Å²) in [6.07, 6.45) is 1.36. The molecule has 0 unspecified atom stereocenters. The summed E-state index contributed by atoms with van der Waals surface area (Å²) in [5, 5.41) is 0. The minimum atomic E-state index is -0.484. The SMILES string of the molecule is COc1ccc(CC(=O)N2CCCC(=O)C2)cc1F. The van der Waals surface area contributed by atoms with Gasteiger partial charge in [0.25, 0.3) is 0 Å². The van der Waals surface area contributed by atoms with Crippen LogP contribution in [0.25, 0.3) is 0 Å². The number of Topliss-reactive ketones (excluding diaryl/α,β-unsaturated/α-hetero) is 1. The van der Waals surface area contributed by atoms with E-state index in [9.17, 15) is 14.0 Å². The molecule has 4 nitrogen and oxygen atoms in total. The topological polar surface area (TPSA) is 46.6 Å². The molecule has 0 aliphatic carbocycles. The predicted octanol–water partition coefficient (Wildman–Crippen LogP) is 1.57. The molecule has 1 aliphatic rings. The average Bonchev–Trinajstić information content (AvgIpc) is 2.39. The number of rotatable bonds is 3. The predicted molar refractivity (Wildman–Crippen MR) is 67.5 cm³/mol. The molecule has 1 heterocycles. The van der Waals surface area contributed by atoms with Crippen molar-refractivity contribution in [3.05, 3.63) is 29.6 Å². The van der Waals surface area contributed by atoms with E-state index in [1.54, 1.807) is 6.07 Å². The number of carbonyl (C=O) groups excluding carboxylic acids is 2. The highest BCUT2D eigenvalue weighted by Gasteiger charge is 2.21. The van der Waals surface area contributed by atoms with E-state index in [0.29, 0.717) is 24.9 Å². The van der Waals surface area contributed by atoms with Gasteiger partial charge in [0.15, 0.2) is 17.3 Å². The van der Waals surface area contributed by atoms with Gasteiger partial charge in [-0.1, -0.05) is 6.07 Å². The Kier molecular flexibility index (Phi) is 4.14. The van der Waals surface area contributed by atoms with Crippen molar-refractivity contribution < 1.29 is 18.7 Å². The number of halogens is 1. The van der Waals surface area contributed by atoms with Crippen molar-refractivity contribution in [3.63, 3.8) is 0 Å². The Labute approximate surface area is 111 Å². The smallest absolute Gasteiger partial charge is 0.227 e. The zero-order valence-electron chi connectivity index (χ0n) is 10.8. The number of ketones is 1. The van der Waals surface area contributed by atoms with Gasteiger partial charge >= 0.3 is 0 Å². The number of methoxy groups -OCH3 is 1. The second-order valence-electron chi connectivity index (χ2n) is 4.60. The van der Waals surface area contributed by atoms with Crippen LogP contribution in [0.2, 0.25) is 0 Å². The molecule has 1 saturated heterocycles. The number of hydrogen-bond acceptors (Lipinski definition) is 3. The van der Waals surface area contributed by atoms with E-state index in [2.05, 4.69) is 0 Å². The minimum absolute atomic E-state index is 0.0838. The molecule has 0 saturated carbocycles. The second kappa shape index (κ2) is 5.82. The van der Waals surface area contributed by atoms with E-state index in [1.807, 2.05) is 0 Å². The maximum atomic E-state index is 13.5. The first kappa shape index (κ1) is 13.5. The lowest BCUT2D eigenvalue weighted by molar-refractivity contribution is -0.137. The Bertz CT molecular complexity index is 501. The first-order chi connectivity index (χ1) is 9.10. The molecule has 1 aromatic carbocycles. The zero-order chi connectivity index (χ0) is 13.8. The van der Waals surface area contributed by atoms with Crippen LogP contribution in [0.1, 0.15) is 18.4 Å². The standard InChI is InChI=1S/C14H16FNO3/c1-19-13-5-4-10(7-12(13)15)8-14(18)16-6-2-3-11(17)9-16/h4-5,7H,2-3,6,8-9H2,1H3. The molecule has 2 rings (SSSR count). The highest BCUT2D eigenvalue weighted by atomic mass is 19.1. The van der Waals surface area contributed by atoms with Crippen LogP contribution in [-0.2, 0) is 16.0 Å². The van der Waals surface area contributed by atoms with Crippen molar-refractivity contribution in [1.29, 1.82) is 0 Å². The lowest BCUT2D eigenvalue weighted by Gasteiger charge is -2.25. The highest BCUT2D eigenvalue weighted by molar-refractivity contribution is 5.88. The summed E-state index contributed by atoms with van der Waals surface area (Å²) in [5.74, 6) is -0.384. The van der Waals surface area contributed by atoms with Crippen LogP contribution in [0.3, 0.4) is 0 Å². The summed E-state index contributed by atoms with van der Waals surface area (Å²) in [6.45, 7) is 0.778. The number of ether oxygens (including phenoxy) is 1. The quantitative estimate of drug-likeness (QED) is 0.833. The third-order valence-corrected chi connectivity index (χ3v) is 3.18. The summed E-state index contributed by atoms with van der Waals surface area (Å²) in [7, 11) is 1.39. The monoisotopic (exact) mass is 265 g/mol. The fourth-order valence-corrected chi connectivity index (χ4v) is 2.16. The van der Waals surface area contributed by atoms with E-state index in [1.165, 1.54) is 24.1 Å². The number of nitrogens with zero attached hydrogens (tertiary/aromatic N) is 1. The van der Waals surface area contributed by atoms with Gasteiger partial charge in [0.2, 0.25) is 5.91 Å². The van der Waals surface area contributed by atoms with Crippen LogP contribution in [-0.4, -0.2) is 36.8 Å². The van der Waals surface area contributed by atoms with Gasteiger partial charge in [0.05, 0.1) is 20.1 Å². The Morgan fingerprint density at radius 1 is 1.47 bits per heavy atom. The molecule has 5 heteroatoms. The summed E-state index contributed by atoms with van der Waals surface area (Å²) in [5.41, 5.74) is 0.585. The van der Waals surface area contributed by atoms with Gasteiger partial charge in [-0.15, -0.1) is 0 Å². The molecule has 0 atom stereocenters. The van der Waals surface area contributed by atoms with Crippen LogP contribution >= 0.6 is 0 Å². The Morgan fingerprint density at radius 2 is 2.26 bits per heavy atom. The first-order valence-corrected chi connectivity index (χ1v) is 6.22. The van der Waals surface area contributed by atoms with E-state index in [0.717, 1.165) is 0 Å². The number of hydrogen-bond donors (Lipinski definition) is 0. The minimum Gasteiger partial charge on any atom is -0.494 e. The maximum Gasteiger partial charge on any atom is 0.227 e. The molecule has 0 radical (unpaired) electrons. The number of carbonyl (C=O) groups is 2. The highest BCUT2D eigenvalue weighted by Crippen LogP contribution is 2.18. The van der Waals surface area contributed by atoms with Gasteiger partial charge in [0, 0.05) is 13.0 Å². The summed E-state index contributed by atoms with van der Waals surface area (Å²) >= 11 is 0. The third-order valence-electron chi connectivity index (χ3n) is 3.18. The molecule has 1 aromatic rings. The average molecular weight is 265 g/mol. The van der Waals surface area contributed by atoms with Gasteiger partial charge in [-0.3, -0.25) is 9.59 Å². The lowest BCUT2D eigenvalue weighted by atomic mass is 10.1. The third kappa shape index (κ3) is 3.30. The van der Waals surface area contributed by atoms with Crippen molar-refractivity contribution in [1.82, 2.24) is 4.90 Å². The Balaban J connectivity index is 2.02. The van der Waals surface area contributed by atoms with Crippen molar-refractivity contribution in [2.24, 2.45) is 0 Å². The van der Waals surface area contributed by atoms with E-state index in [-0.39, 0.29) is 30.4 Å². The van der Waals surface area contributed by atoms with Crippen molar-refractivity contribution in [2.45, 2.75) is 19.3 Å². The van der Waals surface area contributed by atoms with Crippen LogP contribution in [0, 0.1) is 5.82 Å². The van der Waals surface area contributed by atoms with E-state index < -0.39 is 5.82 Å². The fraction of sp³-hybridized carbons (Fsp3) is 0.429. The number of benzene rings is 1. The van der Waals surface area contributed by atoms with Crippen LogP contribution < -0.4 is 4.74 Å². The largest absolute Gasteiger partial charge is 0.494 e. The number of amides is 1. The van der Waals surface area contributed by atoms with Gasteiger partial charge in [-0.25, -0.2) is 4.39 Å². The number of piperidine rings is 1. The van der Waals surface area contributed by atoms with Crippen LogP contribution in [0.5, 0.6) is 5.75 Å². The van der Waals surface area contributed by atoms with Crippen LogP contribution in [0.15, 0.2) is 18.2 Å². The maximum absolute atomic E-state index is 13.5. The molecular weight excluding hydrogens is 249 g/mol.